The molecule has 6 nitrogen and oxygen atoms in total. The molecular formula is C27H35N3O3. The predicted octanol–water partition coefficient (Wildman–Crippen LogP) is 5.52. The normalized spacial score (nSPS) is 12.2. The van der Waals surface area contributed by atoms with E-state index in [1.807, 2.05) is 72.3 Å². The van der Waals surface area contributed by atoms with Gasteiger partial charge in [-0.2, -0.15) is 5.10 Å². The van der Waals surface area contributed by atoms with Crippen LogP contribution in [-0.4, -0.2) is 45.6 Å². The smallest absolute Gasteiger partial charge is 0.227 e. The number of aromatic nitrogens is 2. The van der Waals surface area contributed by atoms with Crippen LogP contribution in [0.2, 0.25) is 0 Å². The lowest BCUT2D eigenvalue weighted by molar-refractivity contribution is 0.0849. The van der Waals surface area contributed by atoms with Gasteiger partial charge in [-0.05, 0) is 57.9 Å². The van der Waals surface area contributed by atoms with Crippen molar-refractivity contribution >= 4 is 0 Å². The highest BCUT2D eigenvalue weighted by Crippen LogP contribution is 2.36. The largest absolute Gasteiger partial charge is 0.493 e. The molecular weight excluding hydrogens is 414 g/mol. The van der Waals surface area contributed by atoms with Crippen molar-refractivity contribution in [3.8, 4) is 23.1 Å². The standard InChI is InChI=1S/C27H35N3O3/c1-6-7-15-23(31)18-29(20(2)3)19-24-21(4)28-30(22-13-9-8-10-14-22)27(24)33-26-17-12-11-16-25(26)32-5/h6,8-14,16-17,20,23,31H,1,7,15,18-19H2,2-5H3/t23-/m0/s1. The van der Waals surface area contributed by atoms with Crippen LogP contribution in [0.3, 0.4) is 0 Å². The molecule has 0 saturated carbocycles. The molecule has 6 heteroatoms. The number of para-hydroxylation sites is 3. The second kappa shape index (κ2) is 11.7. The third-order valence-electron chi connectivity index (χ3n) is 5.65. The van der Waals surface area contributed by atoms with E-state index in [2.05, 4.69) is 25.3 Å². The van der Waals surface area contributed by atoms with E-state index in [0.717, 1.165) is 23.4 Å². The Morgan fingerprint density at radius 3 is 2.39 bits per heavy atom. The zero-order valence-electron chi connectivity index (χ0n) is 20.1. The minimum Gasteiger partial charge on any atom is -0.493 e. The van der Waals surface area contributed by atoms with Crippen molar-refractivity contribution in [1.82, 2.24) is 14.7 Å². The Bertz CT molecular complexity index is 1030. The van der Waals surface area contributed by atoms with Crippen LogP contribution >= 0.6 is 0 Å². The summed E-state index contributed by atoms with van der Waals surface area (Å²) >= 11 is 0. The highest BCUT2D eigenvalue weighted by atomic mass is 16.5. The predicted molar refractivity (Wildman–Crippen MR) is 132 cm³/mol. The molecule has 0 radical (unpaired) electrons. The summed E-state index contributed by atoms with van der Waals surface area (Å²) < 4.78 is 13.8. The fourth-order valence-corrected chi connectivity index (χ4v) is 3.71. The van der Waals surface area contributed by atoms with Gasteiger partial charge in [-0.15, -0.1) is 6.58 Å². The molecule has 0 aliphatic rings. The first-order chi connectivity index (χ1) is 15.9. The Hall–Kier alpha value is -3.09. The van der Waals surface area contributed by atoms with Gasteiger partial charge in [-0.1, -0.05) is 36.4 Å². The van der Waals surface area contributed by atoms with Crippen LogP contribution in [0.15, 0.2) is 67.3 Å². The van der Waals surface area contributed by atoms with Crippen LogP contribution in [0, 0.1) is 6.92 Å². The number of benzene rings is 2. The third kappa shape index (κ3) is 6.24. The monoisotopic (exact) mass is 449 g/mol. The molecule has 0 fully saturated rings. The third-order valence-corrected chi connectivity index (χ3v) is 5.65. The molecule has 0 amide bonds. The molecule has 0 spiro atoms. The van der Waals surface area contributed by atoms with Crippen LogP contribution in [0.5, 0.6) is 17.4 Å². The molecule has 33 heavy (non-hydrogen) atoms. The maximum absolute atomic E-state index is 10.5. The first-order valence-electron chi connectivity index (χ1n) is 11.4. The summed E-state index contributed by atoms with van der Waals surface area (Å²) in [6.45, 7) is 11.2. The van der Waals surface area contributed by atoms with Gasteiger partial charge in [-0.3, -0.25) is 4.90 Å². The number of hydrogen-bond donors (Lipinski definition) is 1. The Balaban J connectivity index is 2.01. The lowest BCUT2D eigenvalue weighted by atomic mass is 10.1. The van der Waals surface area contributed by atoms with E-state index in [1.165, 1.54) is 0 Å². The zero-order valence-corrected chi connectivity index (χ0v) is 20.1. The number of methoxy groups -OCH3 is 1. The number of rotatable bonds is 12. The molecule has 0 bridgehead atoms. The van der Waals surface area contributed by atoms with Crippen LogP contribution in [-0.2, 0) is 6.54 Å². The van der Waals surface area contributed by atoms with E-state index in [9.17, 15) is 5.11 Å². The highest BCUT2D eigenvalue weighted by Gasteiger charge is 2.24. The second-order valence-corrected chi connectivity index (χ2v) is 8.41. The molecule has 0 aliphatic heterocycles. The van der Waals surface area contributed by atoms with Gasteiger partial charge in [-0.25, -0.2) is 4.68 Å². The molecule has 0 saturated heterocycles. The Labute approximate surface area is 197 Å². The first kappa shape index (κ1) is 24.6. The summed E-state index contributed by atoms with van der Waals surface area (Å²) in [6.07, 6.45) is 2.91. The van der Waals surface area contributed by atoms with Gasteiger partial charge >= 0.3 is 0 Å². The van der Waals surface area contributed by atoms with Gasteiger partial charge in [0.1, 0.15) is 0 Å². The van der Waals surface area contributed by atoms with Crippen LogP contribution in [0.1, 0.15) is 37.9 Å². The van der Waals surface area contributed by atoms with Crippen LogP contribution < -0.4 is 9.47 Å². The molecule has 1 aromatic heterocycles. The summed E-state index contributed by atoms with van der Waals surface area (Å²) in [5, 5.41) is 15.4. The minimum atomic E-state index is -0.423. The van der Waals surface area contributed by atoms with Crippen molar-refractivity contribution in [2.24, 2.45) is 0 Å². The van der Waals surface area contributed by atoms with Crippen molar-refractivity contribution in [3.63, 3.8) is 0 Å². The number of aliphatic hydroxyl groups is 1. The summed E-state index contributed by atoms with van der Waals surface area (Å²) in [5.41, 5.74) is 2.78. The summed E-state index contributed by atoms with van der Waals surface area (Å²) in [5.74, 6) is 1.93. The van der Waals surface area contributed by atoms with E-state index >= 15 is 0 Å². The Morgan fingerprint density at radius 1 is 1.09 bits per heavy atom. The lowest BCUT2D eigenvalue weighted by Gasteiger charge is -2.29. The quantitative estimate of drug-likeness (QED) is 0.369. The molecule has 0 unspecified atom stereocenters. The van der Waals surface area contributed by atoms with Gasteiger partial charge in [0.15, 0.2) is 11.5 Å². The number of hydrogen-bond acceptors (Lipinski definition) is 5. The van der Waals surface area contributed by atoms with E-state index in [4.69, 9.17) is 14.6 Å². The lowest BCUT2D eigenvalue weighted by Crippen LogP contribution is -2.37. The fraction of sp³-hybridized carbons (Fsp3) is 0.370. The highest BCUT2D eigenvalue weighted by molar-refractivity contribution is 5.47. The minimum absolute atomic E-state index is 0.238. The molecule has 2 aromatic carbocycles. The van der Waals surface area contributed by atoms with Gasteiger partial charge in [0.25, 0.3) is 0 Å². The van der Waals surface area contributed by atoms with Gasteiger partial charge < -0.3 is 14.6 Å². The SMILES string of the molecule is C=CCC[C@H](O)CN(Cc1c(C)nn(-c2ccccc2)c1Oc1ccccc1OC)C(C)C. The molecule has 1 heterocycles. The second-order valence-electron chi connectivity index (χ2n) is 8.41. The van der Waals surface area contributed by atoms with Crippen LogP contribution in [0.4, 0.5) is 0 Å². The molecule has 176 valence electrons. The van der Waals surface area contributed by atoms with E-state index < -0.39 is 6.10 Å². The molecule has 3 aromatic rings. The molecule has 1 atom stereocenters. The average molecular weight is 450 g/mol. The van der Waals surface area contributed by atoms with Crippen molar-refractivity contribution in [2.45, 2.75) is 52.3 Å². The zero-order chi connectivity index (χ0) is 23.8. The van der Waals surface area contributed by atoms with Gasteiger partial charge in [0.05, 0.1) is 30.2 Å². The number of aryl methyl sites for hydroxylation is 1. The molecule has 1 N–H and O–H groups in total. The molecule has 0 aliphatic carbocycles. The Morgan fingerprint density at radius 2 is 1.76 bits per heavy atom. The first-order valence-corrected chi connectivity index (χ1v) is 11.4. The number of allylic oxidation sites excluding steroid dienone is 1. The van der Waals surface area contributed by atoms with E-state index in [-0.39, 0.29) is 6.04 Å². The van der Waals surface area contributed by atoms with E-state index in [0.29, 0.717) is 36.9 Å². The van der Waals surface area contributed by atoms with Crippen molar-refractivity contribution in [1.29, 1.82) is 0 Å². The van der Waals surface area contributed by atoms with Crippen molar-refractivity contribution in [2.75, 3.05) is 13.7 Å². The van der Waals surface area contributed by atoms with Gasteiger partial charge in [0.2, 0.25) is 5.88 Å². The van der Waals surface area contributed by atoms with Crippen LogP contribution in [0.25, 0.3) is 5.69 Å². The van der Waals surface area contributed by atoms with Gasteiger partial charge in [0, 0.05) is 19.1 Å². The molecule has 3 rings (SSSR count). The Kier molecular flexibility index (Phi) is 8.69. The fourth-order valence-electron chi connectivity index (χ4n) is 3.71. The number of aliphatic hydroxyl groups excluding tert-OH is 1. The average Bonchev–Trinajstić information content (AvgIpc) is 3.13. The van der Waals surface area contributed by atoms with E-state index in [1.54, 1.807) is 7.11 Å². The summed E-state index contributed by atoms with van der Waals surface area (Å²) in [7, 11) is 1.63. The van der Waals surface area contributed by atoms with Crippen molar-refractivity contribution < 1.29 is 14.6 Å². The maximum Gasteiger partial charge on any atom is 0.227 e. The number of nitrogens with zero attached hydrogens (tertiary/aromatic N) is 3. The maximum atomic E-state index is 10.5. The van der Waals surface area contributed by atoms with Crippen molar-refractivity contribution in [3.05, 3.63) is 78.5 Å². The number of ether oxygens (including phenoxy) is 2. The topological polar surface area (TPSA) is 59.8 Å². The summed E-state index contributed by atoms with van der Waals surface area (Å²) in [4.78, 5) is 2.25. The summed E-state index contributed by atoms with van der Waals surface area (Å²) in [6, 6.07) is 17.8.